The lowest BCUT2D eigenvalue weighted by Crippen LogP contribution is -2.41. The maximum atomic E-state index is 10.8. The summed E-state index contributed by atoms with van der Waals surface area (Å²) >= 11 is 0. The van der Waals surface area contributed by atoms with Crippen LogP contribution in [-0.2, 0) is 4.79 Å². The standard InChI is InChI=1S/C9H20N2O2/c1-7(2)6-11(3)8(4-5-10)9(12)13/h7-8H,4-6,10H2,1-3H3,(H,12,13). The van der Waals surface area contributed by atoms with Gasteiger partial charge in [0.1, 0.15) is 6.04 Å². The summed E-state index contributed by atoms with van der Waals surface area (Å²) in [6, 6.07) is -0.438. The first kappa shape index (κ1) is 12.4. The van der Waals surface area contributed by atoms with Crippen molar-refractivity contribution in [3.63, 3.8) is 0 Å². The molecule has 0 spiro atoms. The fraction of sp³-hybridized carbons (Fsp3) is 0.889. The molecule has 0 radical (unpaired) electrons. The van der Waals surface area contributed by atoms with Gasteiger partial charge in [0, 0.05) is 6.54 Å². The van der Waals surface area contributed by atoms with Crippen LogP contribution in [0.1, 0.15) is 20.3 Å². The summed E-state index contributed by atoms with van der Waals surface area (Å²) in [5.74, 6) is -0.307. The predicted molar refractivity (Wildman–Crippen MR) is 52.6 cm³/mol. The quantitative estimate of drug-likeness (QED) is 0.632. The summed E-state index contributed by atoms with van der Waals surface area (Å²) in [7, 11) is 1.83. The van der Waals surface area contributed by atoms with Crippen molar-refractivity contribution in [2.75, 3.05) is 20.1 Å². The minimum atomic E-state index is -0.784. The molecule has 0 saturated carbocycles. The molecule has 0 amide bonds. The lowest BCUT2D eigenvalue weighted by atomic mass is 10.1. The van der Waals surface area contributed by atoms with Gasteiger partial charge in [-0.25, -0.2) is 0 Å². The molecule has 4 heteroatoms. The molecule has 0 aromatic carbocycles. The number of rotatable bonds is 6. The zero-order chi connectivity index (χ0) is 10.4. The average molecular weight is 188 g/mol. The number of carboxylic acids is 1. The third-order valence-electron chi connectivity index (χ3n) is 1.91. The van der Waals surface area contributed by atoms with E-state index in [1.807, 2.05) is 11.9 Å². The molecule has 1 unspecified atom stereocenters. The molecule has 0 heterocycles. The summed E-state index contributed by atoms with van der Waals surface area (Å²) in [5, 5.41) is 8.89. The fourth-order valence-electron chi connectivity index (χ4n) is 1.39. The summed E-state index contributed by atoms with van der Waals surface area (Å²) in [6.07, 6.45) is 0.512. The Morgan fingerprint density at radius 1 is 1.54 bits per heavy atom. The number of carbonyl (C=O) groups is 1. The van der Waals surface area contributed by atoms with Crippen LogP contribution in [0.2, 0.25) is 0 Å². The molecular formula is C9H20N2O2. The Morgan fingerprint density at radius 3 is 2.38 bits per heavy atom. The van der Waals surface area contributed by atoms with Crippen LogP contribution in [0.5, 0.6) is 0 Å². The van der Waals surface area contributed by atoms with E-state index < -0.39 is 12.0 Å². The van der Waals surface area contributed by atoms with Crippen LogP contribution in [0.25, 0.3) is 0 Å². The first-order valence-electron chi connectivity index (χ1n) is 4.62. The van der Waals surface area contributed by atoms with Crippen molar-refractivity contribution in [2.24, 2.45) is 11.7 Å². The second-order valence-corrected chi connectivity index (χ2v) is 3.76. The van der Waals surface area contributed by atoms with Gasteiger partial charge in [0.25, 0.3) is 0 Å². The highest BCUT2D eigenvalue weighted by molar-refractivity contribution is 5.73. The van der Waals surface area contributed by atoms with Crippen LogP contribution < -0.4 is 5.73 Å². The first-order chi connectivity index (χ1) is 5.99. The lowest BCUT2D eigenvalue weighted by molar-refractivity contribution is -0.143. The largest absolute Gasteiger partial charge is 0.480 e. The van der Waals surface area contributed by atoms with Gasteiger partial charge in [-0.1, -0.05) is 13.8 Å². The van der Waals surface area contributed by atoms with E-state index in [9.17, 15) is 4.79 Å². The molecule has 0 rings (SSSR count). The smallest absolute Gasteiger partial charge is 0.320 e. The SMILES string of the molecule is CC(C)CN(C)C(CCN)C(=O)O. The number of likely N-dealkylation sites (N-methyl/N-ethyl adjacent to an activating group) is 1. The van der Waals surface area contributed by atoms with E-state index in [1.54, 1.807) is 0 Å². The van der Waals surface area contributed by atoms with Gasteiger partial charge in [-0.2, -0.15) is 0 Å². The molecule has 13 heavy (non-hydrogen) atoms. The van der Waals surface area contributed by atoms with Crippen molar-refractivity contribution >= 4 is 5.97 Å². The number of aliphatic carboxylic acids is 1. The Hall–Kier alpha value is -0.610. The molecule has 0 aliphatic carbocycles. The third kappa shape index (κ3) is 4.85. The minimum Gasteiger partial charge on any atom is -0.480 e. The van der Waals surface area contributed by atoms with Crippen molar-refractivity contribution in [1.82, 2.24) is 4.90 Å². The topological polar surface area (TPSA) is 66.6 Å². The van der Waals surface area contributed by atoms with E-state index in [4.69, 9.17) is 10.8 Å². The van der Waals surface area contributed by atoms with Crippen LogP contribution in [0, 0.1) is 5.92 Å². The van der Waals surface area contributed by atoms with Crippen molar-refractivity contribution in [1.29, 1.82) is 0 Å². The van der Waals surface area contributed by atoms with Crippen molar-refractivity contribution < 1.29 is 9.90 Å². The summed E-state index contributed by atoms with van der Waals surface area (Å²) in [6.45, 7) is 5.34. The summed E-state index contributed by atoms with van der Waals surface area (Å²) in [4.78, 5) is 12.7. The second-order valence-electron chi connectivity index (χ2n) is 3.76. The molecule has 1 atom stereocenters. The molecule has 0 aromatic rings. The molecule has 3 N–H and O–H groups in total. The molecular weight excluding hydrogens is 168 g/mol. The average Bonchev–Trinajstić information content (AvgIpc) is 1.97. The van der Waals surface area contributed by atoms with E-state index >= 15 is 0 Å². The Balaban J connectivity index is 4.10. The zero-order valence-electron chi connectivity index (χ0n) is 8.66. The maximum Gasteiger partial charge on any atom is 0.320 e. The van der Waals surface area contributed by atoms with Gasteiger partial charge in [-0.3, -0.25) is 9.69 Å². The van der Waals surface area contributed by atoms with Gasteiger partial charge in [-0.05, 0) is 25.9 Å². The highest BCUT2D eigenvalue weighted by Crippen LogP contribution is 2.05. The van der Waals surface area contributed by atoms with Crippen LogP contribution in [-0.4, -0.2) is 42.2 Å². The van der Waals surface area contributed by atoms with Crippen LogP contribution >= 0.6 is 0 Å². The van der Waals surface area contributed by atoms with Crippen LogP contribution in [0.15, 0.2) is 0 Å². The summed E-state index contributed by atoms with van der Waals surface area (Å²) < 4.78 is 0. The number of hydrogen-bond donors (Lipinski definition) is 2. The molecule has 0 aromatic heterocycles. The van der Waals surface area contributed by atoms with Gasteiger partial charge in [0.15, 0.2) is 0 Å². The van der Waals surface area contributed by atoms with E-state index in [2.05, 4.69) is 13.8 Å². The van der Waals surface area contributed by atoms with Crippen molar-refractivity contribution in [3.8, 4) is 0 Å². The van der Waals surface area contributed by atoms with Crippen molar-refractivity contribution in [3.05, 3.63) is 0 Å². The summed E-state index contributed by atoms with van der Waals surface area (Å²) in [5.41, 5.74) is 5.35. The van der Waals surface area contributed by atoms with E-state index in [-0.39, 0.29) is 0 Å². The number of carboxylic acid groups (broad SMARTS) is 1. The minimum absolute atomic E-state index is 0.416. The first-order valence-corrected chi connectivity index (χ1v) is 4.62. The Bertz CT molecular complexity index is 160. The monoisotopic (exact) mass is 188 g/mol. The highest BCUT2D eigenvalue weighted by Gasteiger charge is 2.21. The Morgan fingerprint density at radius 2 is 2.08 bits per heavy atom. The van der Waals surface area contributed by atoms with Crippen LogP contribution in [0.4, 0.5) is 0 Å². The molecule has 78 valence electrons. The van der Waals surface area contributed by atoms with Gasteiger partial charge in [-0.15, -0.1) is 0 Å². The van der Waals surface area contributed by atoms with E-state index in [0.29, 0.717) is 18.9 Å². The molecule has 0 fully saturated rings. The predicted octanol–water partition coefficient (Wildman–Crippen LogP) is 0.376. The lowest BCUT2D eigenvalue weighted by Gasteiger charge is -2.25. The number of hydrogen-bond acceptors (Lipinski definition) is 3. The Labute approximate surface area is 79.7 Å². The Kier molecular flexibility index (Phi) is 5.66. The van der Waals surface area contributed by atoms with E-state index in [1.165, 1.54) is 0 Å². The highest BCUT2D eigenvalue weighted by atomic mass is 16.4. The number of nitrogens with zero attached hydrogens (tertiary/aromatic N) is 1. The number of nitrogens with two attached hydrogens (primary N) is 1. The molecule has 0 bridgehead atoms. The molecule has 0 saturated heterocycles. The second kappa shape index (κ2) is 5.94. The molecule has 4 nitrogen and oxygen atoms in total. The maximum absolute atomic E-state index is 10.8. The van der Waals surface area contributed by atoms with Gasteiger partial charge >= 0.3 is 5.97 Å². The van der Waals surface area contributed by atoms with Gasteiger partial charge in [0.05, 0.1) is 0 Å². The third-order valence-corrected chi connectivity index (χ3v) is 1.91. The van der Waals surface area contributed by atoms with Crippen LogP contribution in [0.3, 0.4) is 0 Å². The molecule has 0 aliphatic rings. The van der Waals surface area contributed by atoms with E-state index in [0.717, 1.165) is 6.54 Å². The zero-order valence-corrected chi connectivity index (χ0v) is 8.66. The van der Waals surface area contributed by atoms with Crippen molar-refractivity contribution in [2.45, 2.75) is 26.3 Å². The van der Waals surface area contributed by atoms with Gasteiger partial charge < -0.3 is 10.8 Å². The normalized spacial score (nSPS) is 13.7. The molecule has 0 aliphatic heterocycles. The van der Waals surface area contributed by atoms with Gasteiger partial charge in [0.2, 0.25) is 0 Å². The fourth-order valence-corrected chi connectivity index (χ4v) is 1.39.